The fraction of sp³-hybridized carbons (Fsp3) is 0.133. The van der Waals surface area contributed by atoms with Crippen LogP contribution in [0.1, 0.15) is 11.6 Å². The second-order valence-corrected chi connectivity index (χ2v) is 6.64. The minimum absolute atomic E-state index is 0.00375. The summed E-state index contributed by atoms with van der Waals surface area (Å²) >= 11 is 6.06. The average Bonchev–Trinajstić information content (AvgIpc) is 2.52. The van der Waals surface area contributed by atoms with Gasteiger partial charge in [-0.1, -0.05) is 17.7 Å². The van der Waals surface area contributed by atoms with Gasteiger partial charge in [0.25, 0.3) is 0 Å². The molecule has 0 spiro atoms. The number of hydrogen-bond acceptors (Lipinski definition) is 5. The molecule has 0 aliphatic carbocycles. The number of sulfonamides is 1. The molecule has 0 fully saturated rings. The van der Waals surface area contributed by atoms with Gasteiger partial charge in [-0.25, -0.2) is 13.6 Å². The predicted octanol–water partition coefficient (Wildman–Crippen LogP) is 2.67. The maximum atomic E-state index is 11.2. The van der Waals surface area contributed by atoms with E-state index in [4.69, 9.17) is 21.5 Å². The van der Waals surface area contributed by atoms with Gasteiger partial charge in [0.1, 0.15) is 11.8 Å². The maximum absolute atomic E-state index is 11.2. The third kappa shape index (κ3) is 4.13. The van der Waals surface area contributed by atoms with Crippen LogP contribution in [0, 0.1) is 11.3 Å². The molecule has 1 atom stereocenters. The van der Waals surface area contributed by atoms with Crippen molar-refractivity contribution >= 4 is 27.3 Å². The van der Waals surface area contributed by atoms with E-state index < -0.39 is 16.1 Å². The molecule has 0 aromatic heterocycles. The summed E-state index contributed by atoms with van der Waals surface area (Å²) in [4.78, 5) is 0.00375. The van der Waals surface area contributed by atoms with Crippen molar-refractivity contribution < 1.29 is 13.2 Å². The zero-order valence-corrected chi connectivity index (χ0v) is 13.7. The largest absolute Gasteiger partial charge is 0.495 e. The second kappa shape index (κ2) is 6.87. The van der Waals surface area contributed by atoms with Crippen molar-refractivity contribution in [3.8, 4) is 11.8 Å². The molecular formula is C15H14ClN3O3S. The molecule has 0 radical (unpaired) electrons. The Morgan fingerprint density at radius 3 is 2.39 bits per heavy atom. The van der Waals surface area contributed by atoms with Crippen LogP contribution in [0.3, 0.4) is 0 Å². The van der Waals surface area contributed by atoms with Crippen molar-refractivity contribution in [1.82, 2.24) is 0 Å². The zero-order valence-electron chi connectivity index (χ0n) is 12.2. The highest BCUT2D eigenvalue weighted by Crippen LogP contribution is 2.29. The summed E-state index contributed by atoms with van der Waals surface area (Å²) in [6.07, 6.45) is 0. The monoisotopic (exact) mass is 351 g/mol. The highest BCUT2D eigenvalue weighted by atomic mass is 35.5. The molecule has 6 nitrogen and oxygen atoms in total. The minimum Gasteiger partial charge on any atom is -0.495 e. The summed E-state index contributed by atoms with van der Waals surface area (Å²) in [6.45, 7) is 0. The van der Waals surface area contributed by atoms with E-state index in [-0.39, 0.29) is 4.90 Å². The lowest BCUT2D eigenvalue weighted by Gasteiger charge is -2.15. The van der Waals surface area contributed by atoms with Crippen molar-refractivity contribution in [3.63, 3.8) is 0 Å². The smallest absolute Gasteiger partial charge is 0.238 e. The molecule has 2 rings (SSSR count). The third-order valence-corrected chi connectivity index (χ3v) is 4.36. The Labute approximate surface area is 139 Å². The third-order valence-electron chi connectivity index (χ3n) is 3.13. The summed E-state index contributed by atoms with van der Waals surface area (Å²) < 4.78 is 27.5. The molecule has 2 aromatic rings. The summed E-state index contributed by atoms with van der Waals surface area (Å²) in [7, 11) is -2.24. The van der Waals surface area contributed by atoms with Gasteiger partial charge in [0, 0.05) is 5.69 Å². The Hall–Kier alpha value is -2.27. The van der Waals surface area contributed by atoms with Crippen LogP contribution in [0.4, 0.5) is 5.69 Å². The number of ether oxygens (including phenoxy) is 1. The Balaban J connectivity index is 2.23. The van der Waals surface area contributed by atoms with Crippen LogP contribution in [0.5, 0.6) is 5.75 Å². The van der Waals surface area contributed by atoms with Crippen LogP contribution in [0.25, 0.3) is 0 Å². The molecule has 2 aromatic carbocycles. The van der Waals surface area contributed by atoms with Crippen molar-refractivity contribution in [3.05, 3.63) is 53.1 Å². The number of nitrogens with two attached hydrogens (primary N) is 1. The Morgan fingerprint density at radius 2 is 1.91 bits per heavy atom. The highest BCUT2D eigenvalue weighted by Gasteiger charge is 2.13. The van der Waals surface area contributed by atoms with Crippen molar-refractivity contribution in [2.45, 2.75) is 10.9 Å². The average molecular weight is 352 g/mol. The number of methoxy groups -OCH3 is 1. The molecular weight excluding hydrogens is 338 g/mol. The van der Waals surface area contributed by atoms with E-state index in [0.717, 1.165) is 0 Å². The molecule has 3 N–H and O–H groups in total. The summed E-state index contributed by atoms with van der Waals surface area (Å²) in [6, 6.07) is 12.3. The van der Waals surface area contributed by atoms with Crippen molar-refractivity contribution in [1.29, 1.82) is 5.26 Å². The van der Waals surface area contributed by atoms with Crippen LogP contribution in [0.15, 0.2) is 47.4 Å². The first-order valence-electron chi connectivity index (χ1n) is 6.47. The van der Waals surface area contributed by atoms with Crippen molar-refractivity contribution in [2.24, 2.45) is 5.14 Å². The molecule has 0 saturated carbocycles. The van der Waals surface area contributed by atoms with Crippen molar-refractivity contribution in [2.75, 3.05) is 12.4 Å². The number of anilines is 1. The molecule has 0 bridgehead atoms. The van der Waals surface area contributed by atoms with E-state index in [2.05, 4.69) is 11.4 Å². The molecule has 0 aliphatic heterocycles. The van der Waals surface area contributed by atoms with Crippen LogP contribution < -0.4 is 15.2 Å². The normalized spacial score (nSPS) is 12.3. The van der Waals surface area contributed by atoms with Gasteiger partial charge in [-0.15, -0.1) is 0 Å². The lowest BCUT2D eigenvalue weighted by molar-refractivity contribution is 0.415. The summed E-state index contributed by atoms with van der Waals surface area (Å²) in [5, 5.41) is 17.8. The summed E-state index contributed by atoms with van der Waals surface area (Å²) in [5.41, 5.74) is 1.24. The lowest BCUT2D eigenvalue weighted by atomic mass is 10.1. The Bertz CT molecular complexity index is 845. The maximum Gasteiger partial charge on any atom is 0.238 e. The highest BCUT2D eigenvalue weighted by molar-refractivity contribution is 7.89. The van der Waals surface area contributed by atoms with E-state index in [9.17, 15) is 13.7 Å². The lowest BCUT2D eigenvalue weighted by Crippen LogP contribution is -2.12. The fourth-order valence-corrected chi connectivity index (χ4v) is 2.74. The van der Waals surface area contributed by atoms with Gasteiger partial charge in [0.05, 0.1) is 23.1 Å². The number of nitriles is 1. The number of nitrogens with one attached hydrogen (secondary N) is 1. The number of primary sulfonamides is 1. The first-order chi connectivity index (χ1) is 10.8. The van der Waals surface area contributed by atoms with Crippen LogP contribution in [-0.2, 0) is 10.0 Å². The zero-order chi connectivity index (χ0) is 17.0. The molecule has 1 unspecified atom stereocenters. The van der Waals surface area contributed by atoms with Crippen LogP contribution in [0.2, 0.25) is 5.02 Å². The van der Waals surface area contributed by atoms with Gasteiger partial charge in [0.2, 0.25) is 10.0 Å². The topological polar surface area (TPSA) is 105 Å². The number of rotatable bonds is 5. The number of nitrogens with zero attached hydrogens (tertiary/aromatic N) is 1. The van der Waals surface area contributed by atoms with Crippen LogP contribution >= 0.6 is 11.6 Å². The molecule has 23 heavy (non-hydrogen) atoms. The predicted molar refractivity (Wildman–Crippen MR) is 87.8 cm³/mol. The van der Waals surface area contributed by atoms with E-state index >= 15 is 0 Å². The number of halogens is 1. The Kier molecular flexibility index (Phi) is 5.11. The molecule has 0 heterocycles. The van der Waals surface area contributed by atoms with Gasteiger partial charge in [-0.3, -0.25) is 0 Å². The van der Waals surface area contributed by atoms with Gasteiger partial charge in [-0.05, 0) is 42.0 Å². The van der Waals surface area contributed by atoms with Gasteiger partial charge in [0.15, 0.2) is 0 Å². The fourth-order valence-electron chi connectivity index (χ4n) is 1.96. The quantitative estimate of drug-likeness (QED) is 0.861. The van der Waals surface area contributed by atoms with Crippen LogP contribution in [-0.4, -0.2) is 15.5 Å². The van der Waals surface area contributed by atoms with E-state index in [0.29, 0.717) is 22.0 Å². The standard InChI is InChI=1S/C15H14ClN3O3S/c1-22-15-7-2-10(8-13(15)16)14(9-17)19-11-3-5-12(6-4-11)23(18,20)21/h2-8,14,19H,1H3,(H2,18,20,21). The molecule has 0 amide bonds. The summed E-state index contributed by atoms with van der Waals surface area (Å²) in [5.74, 6) is 0.518. The van der Waals surface area contributed by atoms with Gasteiger partial charge < -0.3 is 10.1 Å². The number of benzene rings is 2. The van der Waals surface area contributed by atoms with E-state index in [1.165, 1.54) is 31.4 Å². The second-order valence-electron chi connectivity index (χ2n) is 4.67. The van der Waals surface area contributed by atoms with Gasteiger partial charge in [-0.2, -0.15) is 5.26 Å². The first kappa shape index (κ1) is 17.1. The number of hydrogen-bond donors (Lipinski definition) is 2. The molecule has 120 valence electrons. The van der Waals surface area contributed by atoms with E-state index in [1.54, 1.807) is 18.2 Å². The minimum atomic E-state index is -3.74. The van der Waals surface area contributed by atoms with Gasteiger partial charge >= 0.3 is 0 Å². The molecule has 0 aliphatic rings. The Morgan fingerprint density at radius 1 is 1.26 bits per heavy atom. The first-order valence-corrected chi connectivity index (χ1v) is 8.40. The SMILES string of the molecule is COc1ccc(C(C#N)Nc2ccc(S(N)(=O)=O)cc2)cc1Cl. The van der Waals surface area contributed by atoms with E-state index in [1.807, 2.05) is 0 Å². The molecule has 8 heteroatoms. The molecule has 0 saturated heterocycles.